The Balaban J connectivity index is 2.23. The summed E-state index contributed by atoms with van der Waals surface area (Å²) in [6.07, 6.45) is -3.63. The Morgan fingerprint density at radius 1 is 1.38 bits per heavy atom. The minimum Gasteiger partial charge on any atom is -0.465 e. The van der Waals surface area contributed by atoms with Gasteiger partial charge in [0.05, 0.1) is 17.6 Å². The van der Waals surface area contributed by atoms with E-state index in [0.29, 0.717) is 0 Å². The number of halogens is 3. The van der Waals surface area contributed by atoms with Gasteiger partial charge >= 0.3 is 12.1 Å². The Morgan fingerprint density at radius 3 is 2.54 bits per heavy atom. The molecule has 0 aliphatic rings. The third-order valence-corrected chi connectivity index (χ3v) is 4.47. The Morgan fingerprint density at radius 2 is 2.04 bits per heavy atom. The third kappa shape index (κ3) is 4.02. The van der Waals surface area contributed by atoms with Crippen LogP contribution in [0.3, 0.4) is 0 Å². The molecule has 3 N–H and O–H groups in total. The maximum Gasteiger partial charge on any atom is 0.435 e. The number of nitrogens with one attached hydrogen (secondary N) is 1. The van der Waals surface area contributed by atoms with Crippen molar-refractivity contribution in [3.05, 3.63) is 34.0 Å². The summed E-state index contributed by atoms with van der Waals surface area (Å²) in [5, 5.41) is 5.63. The van der Waals surface area contributed by atoms with Crippen LogP contribution in [-0.2, 0) is 22.3 Å². The summed E-state index contributed by atoms with van der Waals surface area (Å²) < 4.78 is 43.0. The second kappa shape index (κ2) is 7.15. The minimum absolute atomic E-state index is 0.0105. The number of amides is 2. The first-order valence-corrected chi connectivity index (χ1v) is 7.78. The number of alkyl halides is 3. The average molecular weight is 390 g/mol. The van der Waals surface area contributed by atoms with Gasteiger partial charge in [-0.05, 0) is 18.6 Å². The molecule has 26 heavy (non-hydrogen) atoms. The summed E-state index contributed by atoms with van der Waals surface area (Å²) in [7, 11) is 1.12. The minimum atomic E-state index is -4.62. The number of nitrogens with zero attached hydrogens (tertiary/aromatic N) is 2. The van der Waals surface area contributed by atoms with Crippen molar-refractivity contribution in [1.29, 1.82) is 0 Å². The lowest BCUT2D eigenvalue weighted by molar-refractivity contribution is -0.141. The molecule has 0 spiro atoms. The molecule has 2 heterocycles. The van der Waals surface area contributed by atoms with Gasteiger partial charge in [-0.3, -0.25) is 14.3 Å². The molecule has 2 aromatic heterocycles. The van der Waals surface area contributed by atoms with Crippen LogP contribution in [0.4, 0.5) is 18.2 Å². The number of aromatic nitrogens is 2. The van der Waals surface area contributed by atoms with Crippen molar-refractivity contribution in [3.8, 4) is 0 Å². The Hall–Kier alpha value is -2.89. The second-order valence-corrected chi connectivity index (χ2v) is 6.08. The zero-order valence-electron chi connectivity index (χ0n) is 13.5. The van der Waals surface area contributed by atoms with Gasteiger partial charge in [0.1, 0.15) is 11.5 Å². The van der Waals surface area contributed by atoms with Crippen LogP contribution in [0.5, 0.6) is 0 Å². The van der Waals surface area contributed by atoms with Crippen LogP contribution >= 0.6 is 11.3 Å². The van der Waals surface area contributed by atoms with E-state index in [1.165, 1.54) is 6.92 Å². The summed E-state index contributed by atoms with van der Waals surface area (Å²) in [6.45, 7) is 0.932. The van der Waals surface area contributed by atoms with E-state index in [4.69, 9.17) is 5.73 Å². The Bertz CT molecular complexity index is 872. The first-order valence-electron chi connectivity index (χ1n) is 6.96. The highest BCUT2D eigenvalue weighted by Gasteiger charge is 2.33. The van der Waals surface area contributed by atoms with Crippen LogP contribution in [0.25, 0.3) is 0 Å². The number of anilines is 1. The molecule has 0 atom stereocenters. The van der Waals surface area contributed by atoms with Gasteiger partial charge in [-0.2, -0.15) is 18.3 Å². The van der Waals surface area contributed by atoms with Crippen LogP contribution < -0.4 is 11.1 Å². The van der Waals surface area contributed by atoms with Crippen LogP contribution in [0.15, 0.2) is 12.3 Å². The molecule has 0 saturated heterocycles. The number of thiophene rings is 1. The number of primary amides is 1. The normalized spacial score (nSPS) is 11.3. The maximum atomic E-state index is 12.5. The summed E-state index contributed by atoms with van der Waals surface area (Å²) in [6, 6.07) is 0.730. The number of methoxy groups -OCH3 is 1. The highest BCUT2D eigenvalue weighted by Crippen LogP contribution is 2.33. The van der Waals surface area contributed by atoms with E-state index in [0.717, 1.165) is 35.4 Å². The molecular weight excluding hydrogens is 377 g/mol. The smallest absolute Gasteiger partial charge is 0.435 e. The number of ether oxygens (including phenoxy) is 1. The molecule has 140 valence electrons. The highest BCUT2D eigenvalue weighted by atomic mass is 32.1. The van der Waals surface area contributed by atoms with E-state index < -0.39 is 36.2 Å². The zero-order chi connectivity index (χ0) is 19.6. The number of esters is 1. The number of nitrogens with two attached hydrogens (primary N) is 1. The molecular formula is C14H13F3N4O4S. The Kier molecular flexibility index (Phi) is 5.35. The predicted molar refractivity (Wildman–Crippen MR) is 84.8 cm³/mol. The van der Waals surface area contributed by atoms with E-state index in [1.54, 1.807) is 0 Å². The van der Waals surface area contributed by atoms with Gasteiger partial charge in [0.2, 0.25) is 5.91 Å². The molecule has 12 heteroatoms. The molecule has 0 aromatic carbocycles. The fourth-order valence-electron chi connectivity index (χ4n) is 2.10. The highest BCUT2D eigenvalue weighted by molar-refractivity contribution is 7.18. The SMILES string of the molecule is COC(=O)c1c(NC(=O)Cn2ccc(C(F)(F)F)n2)sc(C(N)=O)c1C. The predicted octanol–water partition coefficient (Wildman–Crippen LogP) is 1.80. The fourth-order valence-corrected chi connectivity index (χ4v) is 3.16. The summed E-state index contributed by atoms with van der Waals surface area (Å²) in [4.78, 5) is 35.4. The molecule has 0 unspecified atom stereocenters. The lowest BCUT2D eigenvalue weighted by atomic mass is 10.1. The van der Waals surface area contributed by atoms with Gasteiger partial charge in [-0.15, -0.1) is 11.3 Å². The number of carbonyl (C=O) groups excluding carboxylic acids is 3. The number of rotatable bonds is 5. The van der Waals surface area contributed by atoms with E-state index in [-0.39, 0.29) is 21.0 Å². The van der Waals surface area contributed by atoms with Gasteiger partial charge in [0, 0.05) is 6.20 Å². The lowest BCUT2D eigenvalue weighted by Crippen LogP contribution is -2.20. The molecule has 0 radical (unpaired) electrons. The monoisotopic (exact) mass is 390 g/mol. The molecule has 0 aliphatic heterocycles. The van der Waals surface area contributed by atoms with Gasteiger partial charge in [0.25, 0.3) is 5.91 Å². The fraction of sp³-hybridized carbons (Fsp3) is 0.286. The maximum absolute atomic E-state index is 12.5. The summed E-state index contributed by atoms with van der Waals surface area (Å²) in [5.74, 6) is -2.33. The van der Waals surface area contributed by atoms with E-state index in [2.05, 4.69) is 15.2 Å². The lowest BCUT2D eigenvalue weighted by Gasteiger charge is -2.06. The first-order chi connectivity index (χ1) is 12.0. The molecule has 0 aliphatic carbocycles. The Labute approximate surface area is 148 Å². The van der Waals surface area contributed by atoms with E-state index >= 15 is 0 Å². The zero-order valence-corrected chi connectivity index (χ0v) is 14.3. The van der Waals surface area contributed by atoms with Crippen LogP contribution in [0.1, 0.15) is 31.3 Å². The van der Waals surface area contributed by atoms with E-state index in [9.17, 15) is 27.6 Å². The quantitative estimate of drug-likeness (QED) is 0.755. The molecule has 0 saturated carbocycles. The number of hydrogen-bond acceptors (Lipinski definition) is 6. The molecule has 2 aromatic rings. The molecule has 2 amide bonds. The van der Waals surface area contributed by atoms with Gasteiger partial charge < -0.3 is 15.8 Å². The van der Waals surface area contributed by atoms with E-state index in [1.807, 2.05) is 0 Å². The van der Waals surface area contributed by atoms with Crippen molar-refractivity contribution in [2.24, 2.45) is 5.73 Å². The first kappa shape index (κ1) is 19.4. The number of hydrogen-bond donors (Lipinski definition) is 2. The van der Waals surface area contributed by atoms with Crippen molar-refractivity contribution >= 4 is 34.1 Å². The largest absolute Gasteiger partial charge is 0.465 e. The van der Waals surface area contributed by atoms with Crippen molar-refractivity contribution in [2.75, 3.05) is 12.4 Å². The van der Waals surface area contributed by atoms with Gasteiger partial charge in [0.15, 0.2) is 5.69 Å². The molecule has 2 rings (SSSR count). The molecule has 0 fully saturated rings. The molecule has 8 nitrogen and oxygen atoms in total. The summed E-state index contributed by atoms with van der Waals surface area (Å²) >= 11 is 0.769. The summed E-state index contributed by atoms with van der Waals surface area (Å²) in [5.41, 5.74) is 4.28. The van der Waals surface area contributed by atoms with Crippen molar-refractivity contribution in [1.82, 2.24) is 9.78 Å². The second-order valence-electron chi connectivity index (χ2n) is 5.06. The van der Waals surface area contributed by atoms with Gasteiger partial charge in [-0.1, -0.05) is 0 Å². The third-order valence-electron chi connectivity index (χ3n) is 3.25. The van der Waals surface area contributed by atoms with Crippen molar-refractivity contribution in [3.63, 3.8) is 0 Å². The van der Waals surface area contributed by atoms with Crippen LogP contribution in [0, 0.1) is 6.92 Å². The average Bonchev–Trinajstić information content (AvgIpc) is 3.11. The van der Waals surface area contributed by atoms with Gasteiger partial charge in [-0.25, -0.2) is 4.79 Å². The van der Waals surface area contributed by atoms with Crippen LogP contribution in [0.2, 0.25) is 0 Å². The van der Waals surface area contributed by atoms with Crippen molar-refractivity contribution < 1.29 is 32.3 Å². The van der Waals surface area contributed by atoms with Crippen molar-refractivity contribution in [2.45, 2.75) is 19.6 Å². The molecule has 0 bridgehead atoms. The van der Waals surface area contributed by atoms with Crippen LogP contribution in [-0.4, -0.2) is 34.7 Å². The number of carbonyl (C=O) groups is 3. The standard InChI is InChI=1S/C14H13F3N4O4S/c1-6-9(13(24)25-2)12(26-10(6)11(18)23)19-8(22)5-21-4-3-7(20-21)14(15,16)17/h3-4H,5H2,1-2H3,(H2,18,23)(H,19,22). The topological polar surface area (TPSA) is 116 Å².